The van der Waals surface area contributed by atoms with E-state index in [9.17, 15) is 29.7 Å². The number of carboxylic acid groups (broad SMARTS) is 3. The molecular formula is C31H57NO6. The SMILES string of the molecule is CCC/C=C/CCCCCCCCCCC[N+](CCC(C)C(=O)[O-])(CCC(C)C(=O)O)CCC(C)C(=O)O. The molecule has 0 fully saturated rings. The third kappa shape index (κ3) is 18.4. The number of hydrogen-bond acceptors (Lipinski definition) is 4. The maximum atomic E-state index is 11.5. The van der Waals surface area contributed by atoms with E-state index >= 15 is 0 Å². The highest BCUT2D eigenvalue weighted by Gasteiger charge is 2.30. The van der Waals surface area contributed by atoms with Crippen molar-refractivity contribution in [1.29, 1.82) is 0 Å². The zero-order valence-corrected chi connectivity index (χ0v) is 24.8. The Morgan fingerprint density at radius 1 is 0.632 bits per heavy atom. The highest BCUT2D eigenvalue weighted by molar-refractivity contribution is 5.69. The molecular weight excluding hydrogens is 482 g/mol. The molecule has 0 heterocycles. The number of rotatable bonds is 26. The topological polar surface area (TPSA) is 115 Å². The molecule has 0 aliphatic rings. The molecule has 0 amide bonds. The van der Waals surface area contributed by atoms with Crippen LogP contribution in [0.2, 0.25) is 0 Å². The van der Waals surface area contributed by atoms with Crippen LogP contribution in [-0.2, 0) is 14.4 Å². The first-order chi connectivity index (χ1) is 18.0. The number of carboxylic acids is 3. The van der Waals surface area contributed by atoms with Crippen LogP contribution in [0.1, 0.15) is 124 Å². The minimum absolute atomic E-state index is 0.444. The van der Waals surface area contributed by atoms with E-state index in [1.54, 1.807) is 20.8 Å². The molecule has 0 aliphatic carbocycles. The fraction of sp³-hybridized carbons (Fsp3) is 0.839. The van der Waals surface area contributed by atoms with Crippen molar-refractivity contribution in [1.82, 2.24) is 0 Å². The summed E-state index contributed by atoms with van der Waals surface area (Å²) in [5.74, 6) is -4.32. The van der Waals surface area contributed by atoms with Gasteiger partial charge in [0.05, 0.1) is 38.0 Å². The molecule has 7 heteroatoms. The number of allylic oxidation sites excluding steroid dienone is 2. The molecule has 0 spiro atoms. The Balaban J connectivity index is 4.77. The minimum atomic E-state index is -1.08. The Morgan fingerprint density at radius 3 is 1.45 bits per heavy atom. The van der Waals surface area contributed by atoms with Gasteiger partial charge in [-0.05, 0) is 32.1 Å². The van der Waals surface area contributed by atoms with E-state index in [2.05, 4.69) is 19.1 Å². The van der Waals surface area contributed by atoms with Crippen molar-refractivity contribution in [2.75, 3.05) is 26.2 Å². The molecule has 3 atom stereocenters. The van der Waals surface area contributed by atoms with Crippen molar-refractivity contribution < 1.29 is 34.2 Å². The highest BCUT2D eigenvalue weighted by atomic mass is 16.4. The largest absolute Gasteiger partial charge is 0.550 e. The molecule has 7 nitrogen and oxygen atoms in total. The second-order valence-corrected chi connectivity index (χ2v) is 11.5. The van der Waals surface area contributed by atoms with Crippen molar-refractivity contribution in [3.63, 3.8) is 0 Å². The summed E-state index contributed by atoms with van der Waals surface area (Å²) in [6, 6.07) is 0. The number of aliphatic carboxylic acids is 3. The molecule has 0 aliphatic heterocycles. The van der Waals surface area contributed by atoms with E-state index in [0.717, 1.165) is 25.8 Å². The van der Waals surface area contributed by atoms with Gasteiger partial charge in [-0.25, -0.2) is 0 Å². The molecule has 0 rings (SSSR count). The molecule has 3 unspecified atom stereocenters. The Hall–Kier alpha value is -1.89. The molecule has 222 valence electrons. The number of carbonyl (C=O) groups is 3. The van der Waals surface area contributed by atoms with Crippen molar-refractivity contribution in [3.8, 4) is 0 Å². The Morgan fingerprint density at radius 2 is 1.03 bits per heavy atom. The third-order valence-electron chi connectivity index (χ3n) is 7.98. The lowest BCUT2D eigenvalue weighted by Crippen LogP contribution is -2.52. The average Bonchev–Trinajstić information content (AvgIpc) is 2.88. The van der Waals surface area contributed by atoms with Gasteiger partial charge < -0.3 is 24.6 Å². The average molecular weight is 540 g/mol. The van der Waals surface area contributed by atoms with Crippen LogP contribution in [0.3, 0.4) is 0 Å². The van der Waals surface area contributed by atoms with Gasteiger partial charge in [0.2, 0.25) is 0 Å². The van der Waals surface area contributed by atoms with Gasteiger partial charge in [0.1, 0.15) is 0 Å². The van der Waals surface area contributed by atoms with Gasteiger partial charge in [-0.2, -0.15) is 0 Å². The van der Waals surface area contributed by atoms with E-state index in [1.807, 2.05) is 0 Å². The monoisotopic (exact) mass is 539 g/mol. The molecule has 0 saturated heterocycles. The van der Waals surface area contributed by atoms with Crippen LogP contribution in [0, 0.1) is 17.8 Å². The zero-order chi connectivity index (χ0) is 28.8. The maximum absolute atomic E-state index is 11.5. The molecule has 38 heavy (non-hydrogen) atoms. The van der Waals surface area contributed by atoms with Crippen LogP contribution in [0.5, 0.6) is 0 Å². The molecule has 0 bridgehead atoms. The van der Waals surface area contributed by atoms with Crippen LogP contribution >= 0.6 is 0 Å². The molecule has 0 aromatic heterocycles. The number of quaternary nitrogens is 1. The summed E-state index contributed by atoms with van der Waals surface area (Å²) in [4.78, 5) is 34.2. The van der Waals surface area contributed by atoms with Crippen molar-refractivity contribution in [2.24, 2.45) is 17.8 Å². The zero-order valence-electron chi connectivity index (χ0n) is 24.8. The number of carbonyl (C=O) groups excluding carboxylic acids is 1. The van der Waals surface area contributed by atoms with E-state index in [-0.39, 0.29) is 0 Å². The van der Waals surface area contributed by atoms with Gasteiger partial charge in [0.25, 0.3) is 0 Å². The van der Waals surface area contributed by atoms with Gasteiger partial charge in [0, 0.05) is 31.1 Å². The van der Waals surface area contributed by atoms with E-state index in [4.69, 9.17) is 0 Å². The standard InChI is InChI=1S/C31H57NO6/c1-5-6-7-8-9-10-11-12-13-14-15-16-17-18-22-32(23-19-26(2)29(33)34,24-20-27(3)30(35)36)25-21-28(4)31(37)38/h7-8,26-28H,5-6,9-25H2,1-4H3,(H2-,33,34,35,36,37,38)/b8-7+. The normalized spacial score (nSPS) is 15.7. The number of nitrogens with zero attached hydrogens (tertiary/aromatic N) is 1. The lowest BCUT2D eigenvalue weighted by atomic mass is 10.0. The second-order valence-electron chi connectivity index (χ2n) is 11.5. The summed E-state index contributed by atoms with van der Waals surface area (Å²) in [6.07, 6.45) is 20.4. The summed E-state index contributed by atoms with van der Waals surface area (Å²) in [7, 11) is 0. The van der Waals surface area contributed by atoms with E-state index in [0.29, 0.717) is 43.4 Å². The summed E-state index contributed by atoms with van der Waals surface area (Å²) in [5, 5.41) is 30.1. The van der Waals surface area contributed by atoms with Crippen LogP contribution in [0.4, 0.5) is 0 Å². The molecule has 0 radical (unpaired) electrons. The lowest BCUT2D eigenvalue weighted by molar-refractivity contribution is -0.929. The van der Waals surface area contributed by atoms with Gasteiger partial charge in [-0.15, -0.1) is 0 Å². The van der Waals surface area contributed by atoms with Gasteiger partial charge >= 0.3 is 11.9 Å². The quantitative estimate of drug-likeness (QED) is 0.0784. The van der Waals surface area contributed by atoms with Crippen molar-refractivity contribution >= 4 is 17.9 Å². The second kappa shape index (κ2) is 22.0. The first-order valence-corrected chi connectivity index (χ1v) is 15.2. The first kappa shape index (κ1) is 36.1. The van der Waals surface area contributed by atoms with Gasteiger partial charge in [0.15, 0.2) is 0 Å². The Bertz CT molecular complexity index is 617. The summed E-state index contributed by atoms with van der Waals surface area (Å²) in [6.45, 7) is 9.90. The van der Waals surface area contributed by atoms with Gasteiger partial charge in [-0.1, -0.05) is 84.8 Å². The molecule has 0 saturated carbocycles. The summed E-state index contributed by atoms with van der Waals surface area (Å²) >= 11 is 0. The Labute approximate surface area is 232 Å². The minimum Gasteiger partial charge on any atom is -0.550 e. The Kier molecular flexibility index (Phi) is 20.9. The van der Waals surface area contributed by atoms with Crippen LogP contribution < -0.4 is 5.11 Å². The first-order valence-electron chi connectivity index (χ1n) is 15.2. The summed E-state index contributed by atoms with van der Waals surface area (Å²) < 4.78 is 0.583. The predicted molar refractivity (Wildman–Crippen MR) is 152 cm³/mol. The third-order valence-corrected chi connectivity index (χ3v) is 7.98. The molecule has 0 aromatic carbocycles. The smallest absolute Gasteiger partial charge is 0.306 e. The highest BCUT2D eigenvalue weighted by Crippen LogP contribution is 2.22. The predicted octanol–water partition coefficient (Wildman–Crippen LogP) is 6.06. The lowest BCUT2D eigenvalue weighted by Gasteiger charge is -2.41. The van der Waals surface area contributed by atoms with Crippen LogP contribution in [-0.4, -0.2) is 58.8 Å². The van der Waals surface area contributed by atoms with Crippen LogP contribution in [0.25, 0.3) is 0 Å². The van der Waals surface area contributed by atoms with Crippen LogP contribution in [0.15, 0.2) is 12.2 Å². The summed E-state index contributed by atoms with van der Waals surface area (Å²) in [5.41, 5.74) is 0. The maximum Gasteiger partial charge on any atom is 0.306 e. The number of unbranched alkanes of at least 4 members (excludes halogenated alkanes) is 10. The van der Waals surface area contributed by atoms with Crippen molar-refractivity contribution in [3.05, 3.63) is 12.2 Å². The fourth-order valence-corrected chi connectivity index (χ4v) is 4.79. The van der Waals surface area contributed by atoms with Crippen molar-refractivity contribution in [2.45, 2.75) is 124 Å². The molecule has 2 N–H and O–H groups in total. The van der Waals surface area contributed by atoms with Gasteiger partial charge in [-0.3, -0.25) is 9.59 Å². The number of hydrogen-bond donors (Lipinski definition) is 2. The molecule has 0 aromatic rings. The van der Waals surface area contributed by atoms with E-state index < -0.39 is 35.7 Å². The fourth-order valence-electron chi connectivity index (χ4n) is 4.79. The van der Waals surface area contributed by atoms with E-state index in [1.165, 1.54) is 57.8 Å².